The molecule has 10 nitrogen and oxygen atoms in total. The molecule has 168 valence electrons. The van der Waals surface area contributed by atoms with Crippen molar-refractivity contribution < 1.29 is 24.3 Å². The molecule has 31 heavy (non-hydrogen) atoms. The number of nitrogens with one attached hydrogen (secondary N) is 1. The van der Waals surface area contributed by atoms with E-state index in [2.05, 4.69) is 15.3 Å². The monoisotopic (exact) mass is 431 g/mol. The first-order valence-corrected chi connectivity index (χ1v) is 10.6. The smallest absolute Gasteiger partial charge is 0.290 e. The first-order valence-electron chi connectivity index (χ1n) is 10.6. The number of fused-ring (bicyclic) bond motifs is 4. The SMILES string of the molecule is CC(=O)NC[C@H]1[C@H]2C[C@H](CN(C(=O)c3cncnc3C)C2)[C@@H]2CCCC(=O)N21.O=CO. The summed E-state index contributed by atoms with van der Waals surface area (Å²) in [5.41, 5.74) is 1.22. The number of carboxylic acid groups (broad SMARTS) is 1. The topological polar surface area (TPSA) is 133 Å². The Morgan fingerprint density at radius 3 is 2.71 bits per heavy atom. The van der Waals surface area contributed by atoms with Gasteiger partial charge in [-0.25, -0.2) is 9.97 Å². The average molecular weight is 431 g/mol. The number of carbonyl (C=O) groups excluding carboxylic acids is 3. The lowest BCUT2D eigenvalue weighted by Crippen LogP contribution is -2.67. The fourth-order valence-corrected chi connectivity index (χ4v) is 5.22. The van der Waals surface area contributed by atoms with Crippen LogP contribution < -0.4 is 5.32 Å². The van der Waals surface area contributed by atoms with Crippen molar-refractivity contribution in [1.82, 2.24) is 25.1 Å². The molecular formula is C21H29N5O5. The van der Waals surface area contributed by atoms with Gasteiger partial charge in [0.15, 0.2) is 0 Å². The number of hydrogen-bond donors (Lipinski definition) is 2. The molecule has 3 saturated heterocycles. The van der Waals surface area contributed by atoms with Crippen molar-refractivity contribution in [3.05, 3.63) is 23.8 Å². The molecular weight excluding hydrogens is 402 g/mol. The van der Waals surface area contributed by atoms with Gasteiger partial charge in [-0.3, -0.25) is 19.2 Å². The number of aromatic nitrogens is 2. The van der Waals surface area contributed by atoms with Gasteiger partial charge in [0.1, 0.15) is 6.33 Å². The first-order chi connectivity index (χ1) is 14.9. The van der Waals surface area contributed by atoms with Gasteiger partial charge in [0.2, 0.25) is 11.8 Å². The molecule has 0 spiro atoms. The van der Waals surface area contributed by atoms with Crippen molar-refractivity contribution in [2.24, 2.45) is 11.8 Å². The Kier molecular flexibility index (Phi) is 7.19. The maximum Gasteiger partial charge on any atom is 0.290 e. The molecule has 4 heterocycles. The van der Waals surface area contributed by atoms with Crippen LogP contribution in [0.3, 0.4) is 0 Å². The number of aryl methyl sites for hydroxylation is 1. The summed E-state index contributed by atoms with van der Waals surface area (Å²) in [6.07, 6.45) is 6.47. The van der Waals surface area contributed by atoms with Crippen molar-refractivity contribution >= 4 is 24.2 Å². The maximum atomic E-state index is 13.1. The molecule has 0 saturated carbocycles. The molecule has 2 N–H and O–H groups in total. The maximum absolute atomic E-state index is 13.1. The molecule has 3 aliphatic heterocycles. The van der Waals surface area contributed by atoms with Crippen molar-refractivity contribution in [1.29, 1.82) is 0 Å². The minimum Gasteiger partial charge on any atom is -0.483 e. The molecule has 3 fully saturated rings. The number of rotatable bonds is 3. The Morgan fingerprint density at radius 1 is 1.32 bits per heavy atom. The van der Waals surface area contributed by atoms with Gasteiger partial charge in [0, 0.05) is 45.2 Å². The van der Waals surface area contributed by atoms with Gasteiger partial charge in [-0.05, 0) is 38.0 Å². The number of amides is 3. The van der Waals surface area contributed by atoms with Crippen LogP contribution in [-0.4, -0.2) is 80.8 Å². The van der Waals surface area contributed by atoms with Gasteiger partial charge in [-0.15, -0.1) is 0 Å². The quantitative estimate of drug-likeness (QED) is 0.665. The fraction of sp³-hybridized carbons (Fsp3) is 0.619. The van der Waals surface area contributed by atoms with E-state index in [1.54, 1.807) is 6.20 Å². The molecule has 3 aliphatic rings. The Labute approximate surface area is 181 Å². The number of nitrogens with zero attached hydrogens (tertiary/aromatic N) is 4. The minimum atomic E-state index is -0.250. The summed E-state index contributed by atoms with van der Waals surface area (Å²) in [4.78, 5) is 57.8. The standard InChI is InChI=1S/C20H27N5O3.CH2O2/c1-12-16(7-21-11-23-12)20(28)24-9-14-6-15(10-24)18(8-22-13(2)26)25-17(14)4-3-5-19(25)27;2-1-3/h7,11,14-15,17-18H,3-6,8-10H2,1-2H3,(H,22,26);1H,(H,2,3)/t14-,15+,17+,18+;/m1./s1. The van der Waals surface area contributed by atoms with Crippen LogP contribution in [0.25, 0.3) is 0 Å². The highest BCUT2D eigenvalue weighted by atomic mass is 16.3. The molecule has 3 amide bonds. The number of carbonyl (C=O) groups is 4. The number of hydrogen-bond acceptors (Lipinski definition) is 6. The highest BCUT2D eigenvalue weighted by molar-refractivity contribution is 5.95. The summed E-state index contributed by atoms with van der Waals surface area (Å²) >= 11 is 0. The van der Waals surface area contributed by atoms with Gasteiger partial charge in [0.25, 0.3) is 12.4 Å². The molecule has 0 aliphatic carbocycles. The van der Waals surface area contributed by atoms with Crippen LogP contribution in [0.4, 0.5) is 0 Å². The zero-order valence-electron chi connectivity index (χ0n) is 17.9. The van der Waals surface area contributed by atoms with E-state index in [4.69, 9.17) is 9.90 Å². The van der Waals surface area contributed by atoms with Crippen LogP contribution in [0.5, 0.6) is 0 Å². The van der Waals surface area contributed by atoms with Gasteiger partial charge >= 0.3 is 0 Å². The van der Waals surface area contributed by atoms with E-state index in [9.17, 15) is 14.4 Å². The second-order valence-electron chi connectivity index (χ2n) is 8.36. The molecule has 0 radical (unpaired) electrons. The summed E-state index contributed by atoms with van der Waals surface area (Å²) in [5, 5.41) is 9.79. The largest absolute Gasteiger partial charge is 0.483 e. The molecule has 10 heteroatoms. The number of likely N-dealkylation sites (tertiary alicyclic amines) is 1. The summed E-state index contributed by atoms with van der Waals surface area (Å²) in [7, 11) is 0. The summed E-state index contributed by atoms with van der Waals surface area (Å²) in [6, 6.07) is 0.0987. The van der Waals surface area contributed by atoms with E-state index in [-0.39, 0.29) is 48.1 Å². The van der Waals surface area contributed by atoms with Crippen LogP contribution in [0.2, 0.25) is 0 Å². The Hall–Kier alpha value is -3.04. The summed E-state index contributed by atoms with van der Waals surface area (Å²) < 4.78 is 0. The minimum absolute atomic E-state index is 0.0401. The van der Waals surface area contributed by atoms with Crippen LogP contribution in [-0.2, 0) is 14.4 Å². The van der Waals surface area contributed by atoms with Crippen molar-refractivity contribution in [2.45, 2.75) is 51.6 Å². The van der Waals surface area contributed by atoms with Crippen molar-refractivity contribution in [3.8, 4) is 0 Å². The summed E-state index contributed by atoms with van der Waals surface area (Å²) in [6.45, 7) is 4.76. The van der Waals surface area contributed by atoms with Crippen molar-refractivity contribution in [3.63, 3.8) is 0 Å². The normalized spacial score (nSPS) is 26.8. The van der Waals surface area contributed by atoms with E-state index < -0.39 is 0 Å². The lowest BCUT2D eigenvalue weighted by atomic mass is 9.72. The lowest BCUT2D eigenvalue weighted by molar-refractivity contribution is -0.151. The highest BCUT2D eigenvalue weighted by Gasteiger charge is 2.50. The van der Waals surface area contributed by atoms with Gasteiger partial charge < -0.3 is 20.2 Å². The Bertz CT molecular complexity index is 847. The van der Waals surface area contributed by atoms with E-state index in [1.807, 2.05) is 16.7 Å². The van der Waals surface area contributed by atoms with Gasteiger partial charge in [0.05, 0.1) is 17.3 Å². The summed E-state index contributed by atoms with van der Waals surface area (Å²) in [5.74, 6) is 0.502. The third kappa shape index (κ3) is 4.83. The molecule has 0 unspecified atom stereocenters. The van der Waals surface area contributed by atoms with Crippen LogP contribution in [0.1, 0.15) is 48.7 Å². The highest BCUT2D eigenvalue weighted by Crippen LogP contribution is 2.41. The number of piperidine rings is 3. The molecule has 2 bridgehead atoms. The third-order valence-electron chi connectivity index (χ3n) is 6.49. The Morgan fingerprint density at radius 2 is 2.03 bits per heavy atom. The molecule has 1 aromatic heterocycles. The first kappa shape index (κ1) is 22.6. The predicted molar refractivity (Wildman–Crippen MR) is 110 cm³/mol. The van der Waals surface area contributed by atoms with Gasteiger partial charge in [-0.1, -0.05) is 0 Å². The second kappa shape index (κ2) is 9.84. The molecule has 1 aromatic rings. The zero-order valence-corrected chi connectivity index (χ0v) is 17.9. The van der Waals surface area contributed by atoms with E-state index in [0.717, 1.165) is 19.3 Å². The van der Waals surface area contributed by atoms with Crippen LogP contribution in [0.15, 0.2) is 12.5 Å². The lowest BCUT2D eigenvalue weighted by Gasteiger charge is -2.56. The predicted octanol–water partition coefficient (Wildman–Crippen LogP) is 0.464. The average Bonchev–Trinajstić information content (AvgIpc) is 2.74. The van der Waals surface area contributed by atoms with Crippen molar-refractivity contribution in [2.75, 3.05) is 19.6 Å². The van der Waals surface area contributed by atoms with Crippen LogP contribution in [0, 0.1) is 18.8 Å². The third-order valence-corrected chi connectivity index (χ3v) is 6.49. The van der Waals surface area contributed by atoms with Gasteiger partial charge in [-0.2, -0.15) is 0 Å². The van der Waals surface area contributed by atoms with Crippen LogP contribution >= 0.6 is 0 Å². The molecule has 4 rings (SSSR count). The molecule has 4 atom stereocenters. The zero-order chi connectivity index (χ0) is 22.5. The Balaban J connectivity index is 0.000000858. The van der Waals surface area contributed by atoms with E-state index in [1.165, 1.54) is 13.3 Å². The fourth-order valence-electron chi connectivity index (χ4n) is 5.22. The molecule has 0 aromatic carbocycles. The second-order valence-corrected chi connectivity index (χ2v) is 8.36. The van der Waals surface area contributed by atoms with E-state index in [0.29, 0.717) is 37.3 Å². The van der Waals surface area contributed by atoms with E-state index >= 15 is 0 Å².